The van der Waals surface area contributed by atoms with Crippen molar-refractivity contribution in [1.29, 1.82) is 0 Å². The van der Waals surface area contributed by atoms with E-state index in [4.69, 9.17) is 10.0 Å². The zero-order chi connectivity index (χ0) is 12.5. The summed E-state index contributed by atoms with van der Waals surface area (Å²) >= 11 is 0. The van der Waals surface area contributed by atoms with Crippen molar-refractivity contribution in [2.24, 2.45) is 0 Å². The standard InChI is InChI=1S/C9H9BF4O2/c1-5(11)6-2-7(9(12,13)14)4-8(3-6)10(15)16/h2-5,15-16H,1H3. The van der Waals surface area contributed by atoms with E-state index < -0.39 is 25.0 Å². The molecule has 0 bridgehead atoms. The van der Waals surface area contributed by atoms with Crippen LogP contribution in [-0.4, -0.2) is 17.2 Å². The number of hydrogen-bond donors (Lipinski definition) is 2. The molecule has 0 aliphatic rings. The van der Waals surface area contributed by atoms with Crippen LogP contribution in [0.25, 0.3) is 0 Å². The Balaban J connectivity index is 3.30. The second kappa shape index (κ2) is 4.43. The minimum absolute atomic E-state index is 0.238. The second-order valence-electron chi connectivity index (χ2n) is 3.38. The van der Waals surface area contributed by atoms with Crippen molar-refractivity contribution < 1.29 is 27.6 Å². The van der Waals surface area contributed by atoms with Gasteiger partial charge >= 0.3 is 13.3 Å². The molecule has 0 amide bonds. The maximum atomic E-state index is 12.9. The van der Waals surface area contributed by atoms with E-state index in [1.54, 1.807) is 0 Å². The molecule has 88 valence electrons. The number of hydrogen-bond acceptors (Lipinski definition) is 2. The average Bonchev–Trinajstić information content (AvgIpc) is 2.15. The minimum atomic E-state index is -4.64. The van der Waals surface area contributed by atoms with Gasteiger partial charge in [0.2, 0.25) is 0 Å². The second-order valence-corrected chi connectivity index (χ2v) is 3.38. The number of halogens is 4. The van der Waals surface area contributed by atoms with Gasteiger partial charge in [0.1, 0.15) is 6.17 Å². The molecule has 0 spiro atoms. The van der Waals surface area contributed by atoms with Crippen LogP contribution in [0.15, 0.2) is 18.2 Å². The molecule has 1 aromatic rings. The minimum Gasteiger partial charge on any atom is -0.423 e. The van der Waals surface area contributed by atoms with Crippen LogP contribution >= 0.6 is 0 Å². The van der Waals surface area contributed by atoms with E-state index in [0.717, 1.165) is 13.0 Å². The first-order valence-corrected chi connectivity index (χ1v) is 4.44. The third-order valence-electron chi connectivity index (χ3n) is 2.06. The van der Waals surface area contributed by atoms with Gasteiger partial charge in [-0.05, 0) is 24.0 Å². The summed E-state index contributed by atoms with van der Waals surface area (Å²) in [5, 5.41) is 17.6. The van der Waals surface area contributed by atoms with Crippen LogP contribution in [0.5, 0.6) is 0 Å². The summed E-state index contributed by atoms with van der Waals surface area (Å²) in [6.07, 6.45) is -6.26. The van der Waals surface area contributed by atoms with E-state index in [9.17, 15) is 17.6 Å². The Kier molecular flexibility index (Phi) is 3.59. The highest BCUT2D eigenvalue weighted by Gasteiger charge is 2.32. The highest BCUT2D eigenvalue weighted by atomic mass is 19.4. The Morgan fingerprint density at radius 3 is 2.12 bits per heavy atom. The van der Waals surface area contributed by atoms with Crippen molar-refractivity contribution in [3.63, 3.8) is 0 Å². The maximum absolute atomic E-state index is 12.9. The molecule has 0 aromatic heterocycles. The fraction of sp³-hybridized carbons (Fsp3) is 0.333. The normalized spacial score (nSPS) is 13.7. The molecule has 2 N–H and O–H groups in total. The summed E-state index contributed by atoms with van der Waals surface area (Å²) in [7, 11) is -2.06. The molecule has 1 rings (SSSR count). The lowest BCUT2D eigenvalue weighted by Crippen LogP contribution is -2.31. The monoisotopic (exact) mass is 236 g/mol. The van der Waals surface area contributed by atoms with Gasteiger partial charge in [0.05, 0.1) is 5.56 Å². The first-order valence-electron chi connectivity index (χ1n) is 4.44. The Bertz CT molecular complexity index is 350. The molecule has 2 nitrogen and oxygen atoms in total. The molecule has 0 fully saturated rings. The van der Waals surface area contributed by atoms with Gasteiger partial charge in [-0.2, -0.15) is 13.2 Å². The lowest BCUT2D eigenvalue weighted by atomic mass is 9.78. The molecular formula is C9H9BF4O2. The third-order valence-corrected chi connectivity index (χ3v) is 2.06. The fourth-order valence-electron chi connectivity index (χ4n) is 1.22. The maximum Gasteiger partial charge on any atom is 0.488 e. The Hall–Kier alpha value is -1.08. The molecule has 0 aliphatic heterocycles. The molecule has 0 heterocycles. The Morgan fingerprint density at radius 2 is 1.75 bits per heavy atom. The Labute approximate surface area is 89.7 Å². The number of rotatable bonds is 2. The van der Waals surface area contributed by atoms with Crippen LogP contribution in [-0.2, 0) is 6.18 Å². The van der Waals surface area contributed by atoms with Crippen molar-refractivity contribution in [1.82, 2.24) is 0 Å². The quantitative estimate of drug-likeness (QED) is 0.602. The molecular weight excluding hydrogens is 227 g/mol. The SMILES string of the molecule is CC(F)c1cc(B(O)O)cc(C(F)(F)F)c1. The molecule has 0 aliphatic carbocycles. The van der Waals surface area contributed by atoms with Crippen LogP contribution < -0.4 is 5.46 Å². The zero-order valence-electron chi connectivity index (χ0n) is 8.29. The highest BCUT2D eigenvalue weighted by molar-refractivity contribution is 6.58. The Morgan fingerprint density at radius 1 is 1.19 bits per heavy atom. The summed E-state index contributed by atoms with van der Waals surface area (Å²) < 4.78 is 50.1. The summed E-state index contributed by atoms with van der Waals surface area (Å²) in [5.41, 5.74) is -1.72. The van der Waals surface area contributed by atoms with Gasteiger partial charge in [-0.25, -0.2) is 4.39 Å². The summed E-state index contributed by atoms with van der Waals surface area (Å²) in [6.45, 7) is 1.07. The van der Waals surface area contributed by atoms with Crippen LogP contribution in [0.2, 0.25) is 0 Å². The largest absolute Gasteiger partial charge is 0.488 e. The van der Waals surface area contributed by atoms with E-state index in [0.29, 0.717) is 12.1 Å². The molecule has 16 heavy (non-hydrogen) atoms. The highest BCUT2D eigenvalue weighted by Crippen LogP contribution is 2.30. The lowest BCUT2D eigenvalue weighted by Gasteiger charge is -2.12. The molecule has 0 radical (unpaired) electrons. The van der Waals surface area contributed by atoms with Crippen LogP contribution in [0.4, 0.5) is 17.6 Å². The van der Waals surface area contributed by atoms with E-state index in [1.807, 2.05) is 0 Å². The lowest BCUT2D eigenvalue weighted by molar-refractivity contribution is -0.137. The van der Waals surface area contributed by atoms with E-state index >= 15 is 0 Å². The van der Waals surface area contributed by atoms with Gasteiger partial charge in [0, 0.05) is 0 Å². The fourth-order valence-corrected chi connectivity index (χ4v) is 1.22. The summed E-state index contributed by atoms with van der Waals surface area (Å²) in [5.74, 6) is 0. The van der Waals surface area contributed by atoms with Gasteiger partial charge in [0.15, 0.2) is 0 Å². The molecule has 0 saturated heterocycles. The summed E-state index contributed by atoms with van der Waals surface area (Å²) in [6, 6.07) is 2.22. The van der Waals surface area contributed by atoms with E-state index in [2.05, 4.69) is 0 Å². The predicted octanol–water partition coefficient (Wildman–Crippen LogP) is 1.42. The van der Waals surface area contributed by atoms with Gasteiger partial charge < -0.3 is 10.0 Å². The smallest absolute Gasteiger partial charge is 0.423 e. The number of alkyl halides is 4. The first-order chi connectivity index (χ1) is 7.21. The molecule has 0 saturated carbocycles. The zero-order valence-corrected chi connectivity index (χ0v) is 8.29. The molecule has 1 aromatic carbocycles. The van der Waals surface area contributed by atoms with Crippen LogP contribution in [0.1, 0.15) is 24.2 Å². The van der Waals surface area contributed by atoms with Gasteiger partial charge in [0.25, 0.3) is 0 Å². The van der Waals surface area contributed by atoms with E-state index in [-0.39, 0.29) is 11.0 Å². The van der Waals surface area contributed by atoms with Crippen LogP contribution in [0.3, 0.4) is 0 Å². The van der Waals surface area contributed by atoms with Crippen molar-refractivity contribution in [3.8, 4) is 0 Å². The van der Waals surface area contributed by atoms with Gasteiger partial charge in [-0.15, -0.1) is 0 Å². The molecule has 7 heteroatoms. The van der Waals surface area contributed by atoms with E-state index in [1.165, 1.54) is 0 Å². The topological polar surface area (TPSA) is 40.5 Å². The van der Waals surface area contributed by atoms with Crippen LogP contribution in [0, 0.1) is 0 Å². The molecule has 1 unspecified atom stereocenters. The third kappa shape index (κ3) is 2.96. The summed E-state index contributed by atoms with van der Waals surface area (Å²) in [4.78, 5) is 0. The first kappa shape index (κ1) is 13.0. The average molecular weight is 236 g/mol. The van der Waals surface area contributed by atoms with Gasteiger partial charge in [-0.3, -0.25) is 0 Å². The van der Waals surface area contributed by atoms with Gasteiger partial charge in [-0.1, -0.05) is 12.1 Å². The number of benzene rings is 1. The van der Waals surface area contributed by atoms with Crippen molar-refractivity contribution in [3.05, 3.63) is 29.3 Å². The molecule has 1 atom stereocenters. The predicted molar refractivity (Wildman–Crippen MR) is 50.8 cm³/mol. The van der Waals surface area contributed by atoms with Crippen molar-refractivity contribution in [2.45, 2.75) is 19.3 Å². The van der Waals surface area contributed by atoms with Crippen molar-refractivity contribution in [2.75, 3.05) is 0 Å². The van der Waals surface area contributed by atoms with Crippen molar-refractivity contribution >= 4 is 12.6 Å².